The lowest BCUT2D eigenvalue weighted by Gasteiger charge is -2.38. The van der Waals surface area contributed by atoms with Crippen LogP contribution in [0.3, 0.4) is 0 Å². The van der Waals surface area contributed by atoms with E-state index in [-0.39, 0.29) is 5.91 Å². The van der Waals surface area contributed by atoms with Crippen LogP contribution in [0.1, 0.15) is 37.0 Å². The van der Waals surface area contributed by atoms with E-state index in [2.05, 4.69) is 24.1 Å². The van der Waals surface area contributed by atoms with E-state index in [1.54, 1.807) is 32.4 Å². The third kappa shape index (κ3) is 5.35. The third-order valence-electron chi connectivity index (χ3n) is 5.19. The lowest BCUT2D eigenvalue weighted by atomic mass is 9.92. The summed E-state index contributed by atoms with van der Waals surface area (Å²) in [6.45, 7) is 8.43. The zero-order valence-corrected chi connectivity index (χ0v) is 16.4. The second-order valence-corrected chi connectivity index (χ2v) is 6.60. The van der Waals surface area contributed by atoms with Crippen LogP contribution in [0.25, 0.3) is 0 Å². The summed E-state index contributed by atoms with van der Waals surface area (Å²) in [7, 11) is 3.16. The molecule has 1 N–H and O–H groups in total. The summed E-state index contributed by atoms with van der Waals surface area (Å²) in [4.78, 5) is 15.2. The van der Waals surface area contributed by atoms with E-state index in [1.807, 2.05) is 0 Å². The van der Waals surface area contributed by atoms with Crippen molar-refractivity contribution in [3.8, 4) is 11.5 Å². The Kier molecular flexibility index (Phi) is 8.19. The van der Waals surface area contributed by atoms with Gasteiger partial charge >= 0.3 is 0 Å². The molecule has 0 aliphatic carbocycles. The van der Waals surface area contributed by atoms with E-state index in [0.29, 0.717) is 35.6 Å². The molecule has 1 heterocycles. The van der Waals surface area contributed by atoms with Crippen molar-refractivity contribution < 1.29 is 19.0 Å². The molecule has 1 unspecified atom stereocenters. The highest BCUT2D eigenvalue weighted by atomic mass is 16.5. The molecule has 1 atom stereocenters. The van der Waals surface area contributed by atoms with E-state index >= 15 is 0 Å². The largest absolute Gasteiger partial charge is 0.497 e. The van der Waals surface area contributed by atoms with Crippen molar-refractivity contribution >= 4 is 5.91 Å². The Labute approximate surface area is 156 Å². The van der Waals surface area contributed by atoms with Crippen molar-refractivity contribution in [3.63, 3.8) is 0 Å². The lowest BCUT2D eigenvalue weighted by Crippen LogP contribution is -2.52. The molecule has 1 aromatic carbocycles. The minimum Gasteiger partial charge on any atom is -0.497 e. The molecule has 26 heavy (non-hydrogen) atoms. The molecule has 1 fully saturated rings. The molecule has 0 saturated carbocycles. The molecule has 1 aromatic rings. The number of methoxy groups -OCH3 is 2. The maximum atomic E-state index is 12.7. The van der Waals surface area contributed by atoms with Gasteiger partial charge in [-0.25, -0.2) is 0 Å². The fourth-order valence-corrected chi connectivity index (χ4v) is 3.57. The number of amides is 1. The summed E-state index contributed by atoms with van der Waals surface area (Å²) in [5.74, 6) is 1.66. The zero-order valence-electron chi connectivity index (χ0n) is 16.4. The minimum absolute atomic E-state index is 0.105. The molecule has 0 spiro atoms. The van der Waals surface area contributed by atoms with Gasteiger partial charge in [-0.1, -0.05) is 26.7 Å². The van der Waals surface area contributed by atoms with Crippen molar-refractivity contribution in [2.45, 2.75) is 32.7 Å². The SMILES string of the molecule is CCC(CC)C(CNC(=O)c1cc(OC)cc(OC)c1)N1CCOCC1. The Balaban J connectivity index is 2.08. The molecule has 1 aliphatic rings. The highest BCUT2D eigenvalue weighted by Gasteiger charge is 2.27. The van der Waals surface area contributed by atoms with E-state index in [9.17, 15) is 4.79 Å². The van der Waals surface area contributed by atoms with Crippen molar-refractivity contribution in [3.05, 3.63) is 23.8 Å². The number of hydrogen-bond donors (Lipinski definition) is 1. The number of benzene rings is 1. The van der Waals surface area contributed by atoms with Crippen molar-refractivity contribution in [1.82, 2.24) is 10.2 Å². The first kappa shape index (κ1) is 20.5. The highest BCUT2D eigenvalue weighted by molar-refractivity contribution is 5.95. The van der Waals surface area contributed by atoms with Crippen LogP contribution < -0.4 is 14.8 Å². The fourth-order valence-electron chi connectivity index (χ4n) is 3.57. The van der Waals surface area contributed by atoms with Crippen LogP contribution in [0.2, 0.25) is 0 Å². The predicted octanol–water partition coefficient (Wildman–Crippen LogP) is 2.57. The van der Waals surface area contributed by atoms with Gasteiger partial charge in [-0.2, -0.15) is 0 Å². The summed E-state index contributed by atoms with van der Waals surface area (Å²) in [5.41, 5.74) is 0.548. The average molecular weight is 364 g/mol. The number of nitrogens with one attached hydrogen (secondary N) is 1. The molecule has 2 rings (SSSR count). The second kappa shape index (κ2) is 10.4. The molecular formula is C20H32N2O4. The van der Waals surface area contributed by atoms with Crippen molar-refractivity contribution in [2.24, 2.45) is 5.92 Å². The van der Waals surface area contributed by atoms with Gasteiger partial charge in [0.15, 0.2) is 0 Å². The number of carbonyl (C=O) groups excluding carboxylic acids is 1. The molecule has 0 bridgehead atoms. The molecule has 1 amide bonds. The minimum atomic E-state index is -0.105. The highest BCUT2D eigenvalue weighted by Crippen LogP contribution is 2.23. The molecule has 6 nitrogen and oxygen atoms in total. The molecule has 0 aromatic heterocycles. The normalized spacial score (nSPS) is 16.3. The summed E-state index contributed by atoms with van der Waals surface area (Å²) in [6, 6.07) is 5.56. The molecule has 1 aliphatic heterocycles. The number of carbonyl (C=O) groups is 1. The van der Waals surface area contributed by atoms with Gasteiger partial charge < -0.3 is 19.5 Å². The quantitative estimate of drug-likeness (QED) is 0.730. The van der Waals surface area contributed by atoms with Crippen LogP contribution >= 0.6 is 0 Å². The molecule has 6 heteroatoms. The Morgan fingerprint density at radius 3 is 2.19 bits per heavy atom. The first-order valence-corrected chi connectivity index (χ1v) is 9.45. The van der Waals surface area contributed by atoms with Crippen LogP contribution in [0.15, 0.2) is 18.2 Å². The maximum Gasteiger partial charge on any atom is 0.251 e. The van der Waals surface area contributed by atoms with Gasteiger partial charge in [-0.05, 0) is 18.1 Å². The monoisotopic (exact) mass is 364 g/mol. The van der Waals surface area contributed by atoms with E-state index < -0.39 is 0 Å². The molecular weight excluding hydrogens is 332 g/mol. The van der Waals surface area contributed by atoms with Gasteiger partial charge in [0.25, 0.3) is 5.91 Å². The fraction of sp³-hybridized carbons (Fsp3) is 0.650. The third-order valence-corrected chi connectivity index (χ3v) is 5.19. The topological polar surface area (TPSA) is 60.0 Å². The maximum absolute atomic E-state index is 12.7. The second-order valence-electron chi connectivity index (χ2n) is 6.60. The lowest BCUT2D eigenvalue weighted by molar-refractivity contribution is 0.00191. The summed E-state index contributed by atoms with van der Waals surface area (Å²) < 4.78 is 16.0. The Hall–Kier alpha value is -1.79. The van der Waals surface area contributed by atoms with E-state index in [1.165, 1.54) is 0 Å². The molecule has 1 saturated heterocycles. The van der Waals surface area contributed by atoms with Gasteiger partial charge in [0.05, 0.1) is 27.4 Å². The van der Waals surface area contributed by atoms with E-state index in [0.717, 1.165) is 39.1 Å². The number of nitrogens with zero attached hydrogens (tertiary/aromatic N) is 1. The standard InChI is InChI=1S/C20H32N2O4/c1-5-15(6-2)19(22-7-9-26-10-8-22)14-21-20(23)16-11-17(24-3)13-18(12-16)25-4/h11-13,15,19H,5-10,14H2,1-4H3,(H,21,23). The Morgan fingerprint density at radius 2 is 1.69 bits per heavy atom. The first-order chi connectivity index (χ1) is 12.6. The van der Waals surface area contributed by atoms with Crippen LogP contribution in [0.5, 0.6) is 11.5 Å². The van der Waals surface area contributed by atoms with Crippen LogP contribution in [-0.4, -0.2) is 63.9 Å². The van der Waals surface area contributed by atoms with Gasteiger partial charge in [0, 0.05) is 37.3 Å². The Bertz CT molecular complexity index is 547. The number of rotatable bonds is 9. The van der Waals surface area contributed by atoms with Gasteiger partial charge in [0.1, 0.15) is 11.5 Å². The molecule has 146 valence electrons. The first-order valence-electron chi connectivity index (χ1n) is 9.45. The van der Waals surface area contributed by atoms with Crippen LogP contribution in [-0.2, 0) is 4.74 Å². The van der Waals surface area contributed by atoms with E-state index in [4.69, 9.17) is 14.2 Å². The number of ether oxygens (including phenoxy) is 3. The summed E-state index contributed by atoms with van der Waals surface area (Å²) in [5, 5.41) is 3.12. The average Bonchev–Trinajstić information content (AvgIpc) is 2.71. The molecule has 0 radical (unpaired) electrons. The van der Waals surface area contributed by atoms with Crippen LogP contribution in [0.4, 0.5) is 0 Å². The summed E-state index contributed by atoms with van der Waals surface area (Å²) >= 11 is 0. The number of hydrogen-bond acceptors (Lipinski definition) is 5. The predicted molar refractivity (Wildman–Crippen MR) is 102 cm³/mol. The van der Waals surface area contributed by atoms with Crippen molar-refractivity contribution in [2.75, 3.05) is 47.1 Å². The van der Waals surface area contributed by atoms with Gasteiger partial charge in [0.2, 0.25) is 0 Å². The van der Waals surface area contributed by atoms with Crippen molar-refractivity contribution in [1.29, 1.82) is 0 Å². The van der Waals surface area contributed by atoms with Crippen LogP contribution in [0, 0.1) is 5.92 Å². The summed E-state index contributed by atoms with van der Waals surface area (Å²) in [6.07, 6.45) is 2.20. The zero-order chi connectivity index (χ0) is 18.9. The number of morpholine rings is 1. The van der Waals surface area contributed by atoms with Gasteiger partial charge in [-0.15, -0.1) is 0 Å². The van der Waals surface area contributed by atoms with Gasteiger partial charge in [-0.3, -0.25) is 9.69 Å². The smallest absolute Gasteiger partial charge is 0.251 e. The Morgan fingerprint density at radius 1 is 1.12 bits per heavy atom.